The third-order valence-electron chi connectivity index (χ3n) is 5.83. The van der Waals surface area contributed by atoms with Crippen LogP contribution in [0.25, 0.3) is 10.9 Å². The second-order valence-corrected chi connectivity index (χ2v) is 10.5. The summed E-state index contributed by atoms with van der Waals surface area (Å²) in [5, 5.41) is 11.8. The first-order chi connectivity index (χ1) is 16.3. The quantitative estimate of drug-likeness (QED) is 0.206. The summed E-state index contributed by atoms with van der Waals surface area (Å²) in [7, 11) is 0. The summed E-state index contributed by atoms with van der Waals surface area (Å²) in [5.41, 5.74) is -0.0763. The second-order valence-electron chi connectivity index (χ2n) is 10.5. The minimum absolute atomic E-state index is 0.0259. The maximum Gasteiger partial charge on any atom is 0.317 e. The van der Waals surface area contributed by atoms with Gasteiger partial charge in [-0.2, -0.15) is 4.39 Å². The van der Waals surface area contributed by atoms with E-state index in [4.69, 9.17) is 9.47 Å². The molecule has 1 atom stereocenters. The predicted molar refractivity (Wildman–Crippen MR) is 133 cm³/mol. The van der Waals surface area contributed by atoms with Crippen LogP contribution in [0.2, 0.25) is 0 Å². The van der Waals surface area contributed by atoms with Crippen LogP contribution in [-0.2, 0) is 32.8 Å². The molecule has 188 valence electrons. The molecule has 0 amide bonds. The number of ether oxygens (including phenoxy) is 2. The molecule has 8 heteroatoms. The molecule has 0 saturated carbocycles. The largest absolute Gasteiger partial charge is 0.460 e. The lowest BCUT2D eigenvalue weighted by atomic mass is 9.89. The third kappa shape index (κ3) is 6.25. The number of hydrogen-bond acceptors (Lipinski definition) is 5. The fourth-order valence-corrected chi connectivity index (χ4v) is 3.89. The van der Waals surface area contributed by atoms with E-state index in [2.05, 4.69) is 0 Å². The Labute approximate surface area is 205 Å². The van der Waals surface area contributed by atoms with Gasteiger partial charge in [0.1, 0.15) is 12.0 Å². The normalized spacial score (nSPS) is 13.1. The molecule has 0 N–H and O–H groups in total. The Bertz CT molecular complexity index is 1210. The van der Waals surface area contributed by atoms with Crippen molar-refractivity contribution in [1.29, 1.82) is 0 Å². The summed E-state index contributed by atoms with van der Waals surface area (Å²) in [5.74, 6) is -1.34. The van der Waals surface area contributed by atoms with Gasteiger partial charge in [-0.25, -0.2) is 0 Å². The van der Waals surface area contributed by atoms with E-state index in [-0.39, 0.29) is 18.1 Å². The van der Waals surface area contributed by atoms with Crippen molar-refractivity contribution in [3.8, 4) is 0 Å². The van der Waals surface area contributed by atoms with Gasteiger partial charge in [-0.3, -0.25) is 14.9 Å². The lowest BCUT2D eigenvalue weighted by molar-refractivity contribution is -0.387. The van der Waals surface area contributed by atoms with Crippen LogP contribution in [0.4, 0.5) is 10.1 Å². The zero-order chi connectivity index (χ0) is 26.0. The van der Waals surface area contributed by atoms with Crippen LogP contribution in [0.3, 0.4) is 0 Å². The van der Waals surface area contributed by atoms with Gasteiger partial charge in [-0.05, 0) is 52.2 Å². The number of benzene rings is 2. The Balaban J connectivity index is 2.00. The molecular formula is C27H33FN2O5. The van der Waals surface area contributed by atoms with Crippen LogP contribution >= 0.6 is 0 Å². The Morgan fingerprint density at radius 2 is 1.77 bits per heavy atom. The number of carbonyl (C=O) groups is 1. The molecule has 0 saturated heterocycles. The zero-order valence-corrected chi connectivity index (χ0v) is 21.1. The lowest BCUT2D eigenvalue weighted by Gasteiger charge is -2.27. The molecule has 1 heterocycles. The number of esters is 1. The minimum Gasteiger partial charge on any atom is -0.460 e. The molecule has 0 spiro atoms. The van der Waals surface area contributed by atoms with Gasteiger partial charge in [0.15, 0.2) is 0 Å². The van der Waals surface area contributed by atoms with Crippen LogP contribution in [0.1, 0.15) is 52.8 Å². The highest BCUT2D eigenvalue weighted by atomic mass is 19.1. The van der Waals surface area contributed by atoms with E-state index in [0.717, 1.165) is 5.56 Å². The summed E-state index contributed by atoms with van der Waals surface area (Å²) >= 11 is 0. The zero-order valence-electron chi connectivity index (χ0n) is 21.1. The van der Waals surface area contributed by atoms with E-state index in [9.17, 15) is 19.3 Å². The highest BCUT2D eigenvalue weighted by Gasteiger charge is 2.36. The van der Waals surface area contributed by atoms with Crippen molar-refractivity contribution in [2.75, 3.05) is 6.61 Å². The maximum absolute atomic E-state index is 14.6. The van der Waals surface area contributed by atoms with E-state index in [0.29, 0.717) is 29.7 Å². The summed E-state index contributed by atoms with van der Waals surface area (Å²) in [6.07, 6.45) is 0. The van der Waals surface area contributed by atoms with E-state index < -0.39 is 27.8 Å². The van der Waals surface area contributed by atoms with E-state index in [1.54, 1.807) is 19.9 Å². The fourth-order valence-electron chi connectivity index (χ4n) is 3.89. The summed E-state index contributed by atoms with van der Waals surface area (Å²) in [6.45, 7) is 12.4. The van der Waals surface area contributed by atoms with E-state index in [1.807, 2.05) is 62.6 Å². The molecule has 0 unspecified atom stereocenters. The van der Waals surface area contributed by atoms with Crippen molar-refractivity contribution in [1.82, 2.24) is 4.57 Å². The molecule has 0 fully saturated rings. The van der Waals surface area contributed by atoms with Crippen LogP contribution in [0.5, 0.6) is 0 Å². The number of rotatable bonds is 9. The monoisotopic (exact) mass is 484 g/mol. The minimum atomic E-state index is -1.09. The second kappa shape index (κ2) is 10.2. The van der Waals surface area contributed by atoms with Gasteiger partial charge in [0, 0.05) is 29.8 Å². The van der Waals surface area contributed by atoms with Gasteiger partial charge in [-0.1, -0.05) is 37.3 Å². The fraction of sp³-hybridized carbons (Fsp3) is 0.444. The van der Waals surface area contributed by atoms with Gasteiger partial charge < -0.3 is 14.0 Å². The van der Waals surface area contributed by atoms with Crippen molar-refractivity contribution in [2.45, 2.75) is 65.7 Å². The molecule has 0 bridgehead atoms. The molecule has 35 heavy (non-hydrogen) atoms. The molecule has 7 nitrogen and oxygen atoms in total. The lowest BCUT2D eigenvalue weighted by Crippen LogP contribution is -2.34. The van der Waals surface area contributed by atoms with Gasteiger partial charge in [-0.15, -0.1) is 0 Å². The Hall–Kier alpha value is -3.26. The number of nitro groups is 1. The van der Waals surface area contributed by atoms with Gasteiger partial charge >= 0.3 is 11.7 Å². The van der Waals surface area contributed by atoms with Crippen molar-refractivity contribution in [3.05, 3.63) is 75.7 Å². The molecule has 0 aliphatic heterocycles. The SMILES string of the molecule is C[C@@H](COC(C)(C)C)Cn1c(C(C)(C)C(=O)OCc2ccccc2)cc2cc([N+](=O)[O-])c(F)cc21. The van der Waals surface area contributed by atoms with Crippen LogP contribution < -0.4 is 0 Å². The first-order valence-corrected chi connectivity index (χ1v) is 11.6. The molecular weight excluding hydrogens is 451 g/mol. The number of carbonyl (C=O) groups excluding carboxylic acids is 1. The molecule has 3 aromatic rings. The summed E-state index contributed by atoms with van der Waals surface area (Å²) in [6, 6.07) is 13.5. The van der Waals surface area contributed by atoms with Crippen LogP contribution in [-0.4, -0.2) is 27.7 Å². The number of nitrogens with zero attached hydrogens (tertiary/aromatic N) is 2. The topological polar surface area (TPSA) is 83.6 Å². The van der Waals surface area contributed by atoms with Crippen LogP contribution in [0.15, 0.2) is 48.5 Å². The van der Waals surface area contributed by atoms with Gasteiger partial charge in [0.25, 0.3) is 0 Å². The Morgan fingerprint density at radius 3 is 2.37 bits per heavy atom. The number of halogens is 1. The number of hydrogen-bond donors (Lipinski definition) is 0. The molecule has 2 aromatic carbocycles. The average Bonchev–Trinajstić information content (AvgIpc) is 3.13. The smallest absolute Gasteiger partial charge is 0.317 e. The van der Waals surface area contributed by atoms with Gasteiger partial charge in [0.05, 0.1) is 22.6 Å². The first-order valence-electron chi connectivity index (χ1n) is 11.6. The molecule has 0 aliphatic carbocycles. The molecule has 3 rings (SSSR count). The summed E-state index contributed by atoms with van der Waals surface area (Å²) < 4.78 is 28.0. The highest BCUT2D eigenvalue weighted by molar-refractivity contribution is 5.88. The summed E-state index contributed by atoms with van der Waals surface area (Å²) in [4.78, 5) is 23.8. The van der Waals surface area contributed by atoms with E-state index in [1.165, 1.54) is 12.1 Å². The number of nitro benzene ring substituents is 1. The molecule has 0 radical (unpaired) electrons. The van der Waals surface area contributed by atoms with E-state index >= 15 is 0 Å². The number of fused-ring (bicyclic) bond motifs is 1. The Morgan fingerprint density at radius 1 is 1.11 bits per heavy atom. The molecule has 1 aromatic heterocycles. The third-order valence-corrected chi connectivity index (χ3v) is 5.83. The standard InChI is InChI=1S/C27H33FN2O5/c1-18(16-35-26(2,3)4)15-29-22-14-21(28)23(30(32)33)12-20(22)13-24(29)27(5,6)25(31)34-17-19-10-8-7-9-11-19/h7-14,18H,15-17H2,1-6H3/t18-/m1/s1. The first kappa shape index (κ1) is 26.3. The van der Waals surface area contributed by atoms with Crippen LogP contribution in [0, 0.1) is 21.8 Å². The Kier molecular flexibility index (Phi) is 7.65. The van der Waals surface area contributed by atoms with Crippen molar-refractivity contribution in [3.63, 3.8) is 0 Å². The number of aromatic nitrogens is 1. The van der Waals surface area contributed by atoms with Crippen molar-refractivity contribution >= 4 is 22.6 Å². The average molecular weight is 485 g/mol. The molecule has 0 aliphatic rings. The van der Waals surface area contributed by atoms with Gasteiger partial charge in [0.2, 0.25) is 5.82 Å². The van der Waals surface area contributed by atoms with Crippen molar-refractivity contribution in [2.24, 2.45) is 5.92 Å². The highest BCUT2D eigenvalue weighted by Crippen LogP contribution is 2.35. The maximum atomic E-state index is 14.6. The van der Waals surface area contributed by atoms with Crippen molar-refractivity contribution < 1.29 is 23.6 Å². The predicted octanol–water partition coefficient (Wildman–Crippen LogP) is 6.16.